The van der Waals surface area contributed by atoms with E-state index in [1.54, 1.807) is 23.9 Å². The summed E-state index contributed by atoms with van der Waals surface area (Å²) in [6, 6.07) is 11.0. The maximum atomic E-state index is 12.3. The molecular formula is C19H20ClN3O3. The summed E-state index contributed by atoms with van der Waals surface area (Å²) in [6.45, 7) is 4.52. The molecule has 2 heterocycles. The molecule has 1 amide bonds. The van der Waals surface area contributed by atoms with Crippen LogP contribution in [-0.2, 0) is 13.1 Å². The van der Waals surface area contributed by atoms with Crippen molar-refractivity contribution in [1.82, 2.24) is 15.1 Å². The number of hydrogen-bond acceptors (Lipinski definition) is 4. The van der Waals surface area contributed by atoms with E-state index in [0.717, 1.165) is 22.7 Å². The van der Waals surface area contributed by atoms with E-state index in [0.29, 0.717) is 23.9 Å². The predicted octanol–water partition coefficient (Wildman–Crippen LogP) is 3.73. The number of halogens is 1. The van der Waals surface area contributed by atoms with E-state index in [1.807, 2.05) is 38.1 Å². The normalized spacial score (nSPS) is 10.8. The first-order valence-electron chi connectivity index (χ1n) is 8.18. The molecule has 0 aliphatic carbocycles. The number of hydrogen-bond donors (Lipinski definition) is 1. The minimum absolute atomic E-state index is 0.252. The number of furan rings is 1. The lowest BCUT2D eigenvalue weighted by molar-refractivity contribution is 0.0921. The lowest BCUT2D eigenvalue weighted by Gasteiger charge is -2.08. The monoisotopic (exact) mass is 373 g/mol. The van der Waals surface area contributed by atoms with Crippen LogP contribution in [-0.4, -0.2) is 22.8 Å². The molecule has 3 aromatic rings. The molecule has 0 aliphatic heterocycles. The fraction of sp³-hybridized carbons (Fsp3) is 0.263. The number of ether oxygens (including phenoxy) is 1. The Labute approximate surface area is 156 Å². The number of aromatic nitrogens is 2. The molecule has 26 heavy (non-hydrogen) atoms. The molecule has 0 atom stereocenters. The minimum atomic E-state index is -0.284. The number of nitrogens with one attached hydrogen (secondary N) is 1. The average Bonchev–Trinajstić information content (AvgIpc) is 3.21. The summed E-state index contributed by atoms with van der Waals surface area (Å²) in [7, 11) is 1.60. The van der Waals surface area contributed by atoms with E-state index >= 15 is 0 Å². The van der Waals surface area contributed by atoms with Crippen molar-refractivity contribution < 1.29 is 13.9 Å². The van der Waals surface area contributed by atoms with Gasteiger partial charge in [-0.25, -0.2) is 0 Å². The summed E-state index contributed by atoms with van der Waals surface area (Å²) in [5.41, 5.74) is 2.53. The second kappa shape index (κ2) is 7.66. The van der Waals surface area contributed by atoms with Crippen molar-refractivity contribution in [3.63, 3.8) is 0 Å². The number of methoxy groups -OCH3 is 1. The van der Waals surface area contributed by atoms with Crippen LogP contribution < -0.4 is 10.1 Å². The molecule has 2 aromatic heterocycles. The van der Waals surface area contributed by atoms with Crippen molar-refractivity contribution in [3.05, 3.63) is 69.9 Å². The molecule has 0 unspecified atom stereocenters. The first kappa shape index (κ1) is 18.1. The molecule has 6 nitrogen and oxygen atoms in total. The zero-order valence-corrected chi connectivity index (χ0v) is 15.6. The van der Waals surface area contributed by atoms with E-state index in [9.17, 15) is 4.79 Å². The molecule has 0 bridgehead atoms. The Balaban J connectivity index is 1.65. The van der Waals surface area contributed by atoms with E-state index in [2.05, 4.69) is 10.4 Å². The van der Waals surface area contributed by atoms with Gasteiger partial charge in [0.2, 0.25) is 0 Å². The highest BCUT2D eigenvalue weighted by atomic mass is 35.5. The summed E-state index contributed by atoms with van der Waals surface area (Å²) in [5, 5.41) is 7.84. The highest BCUT2D eigenvalue weighted by molar-refractivity contribution is 6.31. The number of para-hydroxylation sites is 1. The van der Waals surface area contributed by atoms with Gasteiger partial charge >= 0.3 is 0 Å². The van der Waals surface area contributed by atoms with Crippen LogP contribution in [0.4, 0.5) is 0 Å². The summed E-state index contributed by atoms with van der Waals surface area (Å²) in [5.74, 6) is 1.33. The minimum Gasteiger partial charge on any atom is -0.496 e. The maximum absolute atomic E-state index is 12.3. The van der Waals surface area contributed by atoms with Crippen molar-refractivity contribution in [1.29, 1.82) is 0 Å². The number of nitrogens with zero attached hydrogens (tertiary/aromatic N) is 2. The number of rotatable bonds is 6. The van der Waals surface area contributed by atoms with Gasteiger partial charge in [0.25, 0.3) is 5.91 Å². The zero-order chi connectivity index (χ0) is 18.7. The highest BCUT2D eigenvalue weighted by Gasteiger charge is 2.14. The number of carbonyl (C=O) groups is 1. The van der Waals surface area contributed by atoms with E-state index in [1.165, 1.54) is 0 Å². The second-order valence-electron chi connectivity index (χ2n) is 5.90. The summed E-state index contributed by atoms with van der Waals surface area (Å²) < 4.78 is 12.7. The molecule has 0 saturated carbocycles. The van der Waals surface area contributed by atoms with Gasteiger partial charge in [-0.1, -0.05) is 29.8 Å². The summed E-state index contributed by atoms with van der Waals surface area (Å²) >= 11 is 6.16. The summed E-state index contributed by atoms with van der Waals surface area (Å²) in [6.07, 6.45) is 0. The Hall–Kier alpha value is -2.73. The van der Waals surface area contributed by atoms with Crippen LogP contribution >= 0.6 is 11.6 Å². The van der Waals surface area contributed by atoms with Crippen molar-refractivity contribution in [2.45, 2.75) is 26.9 Å². The van der Waals surface area contributed by atoms with Gasteiger partial charge in [-0.05, 0) is 32.0 Å². The molecule has 136 valence electrons. The number of amides is 1. The van der Waals surface area contributed by atoms with Crippen molar-refractivity contribution in [3.8, 4) is 5.75 Å². The van der Waals surface area contributed by atoms with Crippen LogP contribution in [0, 0.1) is 13.8 Å². The number of aryl methyl sites for hydroxylation is 1. The quantitative estimate of drug-likeness (QED) is 0.714. The van der Waals surface area contributed by atoms with Crippen LogP contribution in [0.2, 0.25) is 5.02 Å². The van der Waals surface area contributed by atoms with Crippen molar-refractivity contribution >= 4 is 17.5 Å². The third kappa shape index (κ3) is 3.75. The van der Waals surface area contributed by atoms with Gasteiger partial charge in [0.05, 0.1) is 30.1 Å². The Morgan fingerprint density at radius 1 is 1.27 bits per heavy atom. The molecule has 0 saturated heterocycles. The van der Waals surface area contributed by atoms with E-state index in [-0.39, 0.29) is 11.7 Å². The van der Waals surface area contributed by atoms with Crippen LogP contribution in [0.1, 0.15) is 33.3 Å². The predicted molar refractivity (Wildman–Crippen MR) is 98.7 cm³/mol. The third-order valence-corrected chi connectivity index (χ3v) is 4.66. The molecule has 0 fully saturated rings. The lowest BCUT2D eigenvalue weighted by atomic mass is 10.2. The molecule has 0 aliphatic rings. The average molecular weight is 374 g/mol. The molecule has 1 N–H and O–H groups in total. The SMILES string of the molecule is COc1ccccc1CNC(=O)c1ccc(Cn2nc(C)c(Cl)c2C)o1. The first-order chi connectivity index (χ1) is 12.5. The number of carbonyl (C=O) groups excluding carboxylic acids is 1. The smallest absolute Gasteiger partial charge is 0.287 e. The summed E-state index contributed by atoms with van der Waals surface area (Å²) in [4.78, 5) is 12.3. The zero-order valence-electron chi connectivity index (χ0n) is 14.9. The highest BCUT2D eigenvalue weighted by Crippen LogP contribution is 2.21. The largest absolute Gasteiger partial charge is 0.496 e. The van der Waals surface area contributed by atoms with Crippen LogP contribution in [0.25, 0.3) is 0 Å². The van der Waals surface area contributed by atoms with Gasteiger partial charge in [0, 0.05) is 12.1 Å². The Morgan fingerprint density at radius 3 is 2.73 bits per heavy atom. The Kier molecular flexibility index (Phi) is 5.32. The lowest BCUT2D eigenvalue weighted by Crippen LogP contribution is -2.22. The van der Waals surface area contributed by atoms with Gasteiger partial charge in [-0.3, -0.25) is 9.48 Å². The molecule has 7 heteroatoms. The first-order valence-corrected chi connectivity index (χ1v) is 8.55. The molecule has 0 spiro atoms. The molecule has 0 radical (unpaired) electrons. The van der Waals surface area contributed by atoms with E-state index in [4.69, 9.17) is 20.8 Å². The van der Waals surface area contributed by atoms with Gasteiger partial charge in [-0.2, -0.15) is 5.10 Å². The molecule has 3 rings (SSSR count). The topological polar surface area (TPSA) is 69.3 Å². The fourth-order valence-corrected chi connectivity index (χ4v) is 2.81. The molecule has 1 aromatic carbocycles. The standard InChI is InChI=1S/C19H20ClN3O3/c1-12-18(20)13(2)23(22-12)11-15-8-9-17(26-15)19(24)21-10-14-6-4-5-7-16(14)25-3/h4-9H,10-11H2,1-3H3,(H,21,24). The van der Waals surface area contributed by atoms with E-state index < -0.39 is 0 Å². The van der Waals surface area contributed by atoms with Gasteiger partial charge in [-0.15, -0.1) is 0 Å². The van der Waals surface area contributed by atoms with Crippen LogP contribution in [0.5, 0.6) is 5.75 Å². The van der Waals surface area contributed by atoms with Crippen molar-refractivity contribution in [2.75, 3.05) is 7.11 Å². The Bertz CT molecular complexity index is 930. The second-order valence-corrected chi connectivity index (χ2v) is 6.28. The van der Waals surface area contributed by atoms with Gasteiger partial charge in [0.15, 0.2) is 5.76 Å². The van der Waals surface area contributed by atoms with Gasteiger partial charge < -0.3 is 14.5 Å². The van der Waals surface area contributed by atoms with Crippen LogP contribution in [0.3, 0.4) is 0 Å². The van der Waals surface area contributed by atoms with Gasteiger partial charge in [0.1, 0.15) is 11.5 Å². The fourth-order valence-electron chi connectivity index (χ4n) is 2.67. The Morgan fingerprint density at radius 2 is 2.04 bits per heavy atom. The third-order valence-electron chi connectivity index (χ3n) is 4.12. The molecular weight excluding hydrogens is 354 g/mol. The maximum Gasteiger partial charge on any atom is 0.287 e. The van der Waals surface area contributed by atoms with Crippen molar-refractivity contribution in [2.24, 2.45) is 0 Å². The number of benzene rings is 1. The van der Waals surface area contributed by atoms with Crippen LogP contribution in [0.15, 0.2) is 40.8 Å².